The molecule has 0 spiro atoms. The van der Waals surface area contributed by atoms with Crippen LogP contribution in [0.5, 0.6) is 0 Å². The first-order valence-electron chi connectivity index (χ1n) is 7.18. The van der Waals surface area contributed by atoms with Crippen LogP contribution in [0.3, 0.4) is 0 Å². The van der Waals surface area contributed by atoms with E-state index in [1.165, 1.54) is 12.8 Å². The number of nitrogens with one attached hydrogen (secondary N) is 2. The van der Waals surface area contributed by atoms with E-state index >= 15 is 0 Å². The molecule has 2 aliphatic rings. The van der Waals surface area contributed by atoms with Crippen LogP contribution < -0.4 is 10.6 Å². The van der Waals surface area contributed by atoms with Crippen molar-refractivity contribution in [2.24, 2.45) is 0 Å². The minimum Gasteiger partial charge on any atom is -0.373 e. The quantitative estimate of drug-likeness (QED) is 0.870. The van der Waals surface area contributed by atoms with E-state index in [1.54, 1.807) is 0 Å². The second kappa shape index (κ2) is 4.96. The molecule has 3 heterocycles. The van der Waals surface area contributed by atoms with Crippen LogP contribution in [0.1, 0.15) is 37.6 Å². The van der Waals surface area contributed by atoms with Gasteiger partial charge in [0.15, 0.2) is 0 Å². The molecule has 0 aromatic carbocycles. The molecule has 104 valence electrons. The van der Waals surface area contributed by atoms with Crippen molar-refractivity contribution >= 4 is 11.6 Å². The van der Waals surface area contributed by atoms with Gasteiger partial charge in [-0.15, -0.1) is 0 Å². The maximum absolute atomic E-state index is 5.89. The number of anilines is 2. The second-order valence-electron chi connectivity index (χ2n) is 5.43. The van der Waals surface area contributed by atoms with Crippen molar-refractivity contribution in [3.63, 3.8) is 0 Å². The highest BCUT2D eigenvalue weighted by Gasteiger charge is 2.41. The van der Waals surface area contributed by atoms with Crippen molar-refractivity contribution in [1.29, 1.82) is 0 Å². The third-order valence-electron chi connectivity index (χ3n) is 4.17. The number of rotatable bonds is 4. The smallest absolute Gasteiger partial charge is 0.135 e. The van der Waals surface area contributed by atoms with E-state index in [-0.39, 0.29) is 0 Å². The molecule has 1 aromatic heterocycles. The zero-order chi connectivity index (χ0) is 13.4. The van der Waals surface area contributed by atoms with Crippen molar-refractivity contribution in [2.45, 2.75) is 57.8 Å². The van der Waals surface area contributed by atoms with Gasteiger partial charge in [0.25, 0.3) is 0 Å². The van der Waals surface area contributed by atoms with E-state index in [9.17, 15) is 0 Å². The standard InChI is InChI=1S/C14H22N4O/c1-4-12-17-13(15-3)8(2)14(18-12)16-10-7-9-5-6-11(10)19-9/h9-11H,4-7H2,1-3H3,(H2,15,16,17,18). The second-order valence-corrected chi connectivity index (χ2v) is 5.43. The summed E-state index contributed by atoms with van der Waals surface area (Å²) < 4.78 is 5.89. The Bertz CT molecular complexity index is 477. The Morgan fingerprint density at radius 2 is 2.05 bits per heavy atom. The van der Waals surface area contributed by atoms with Gasteiger partial charge in [0.05, 0.1) is 18.2 Å². The maximum atomic E-state index is 5.89. The normalized spacial score (nSPS) is 28.7. The van der Waals surface area contributed by atoms with Gasteiger partial charge < -0.3 is 15.4 Å². The van der Waals surface area contributed by atoms with E-state index in [0.29, 0.717) is 18.2 Å². The van der Waals surface area contributed by atoms with Gasteiger partial charge in [0.1, 0.15) is 17.5 Å². The van der Waals surface area contributed by atoms with Gasteiger partial charge >= 0.3 is 0 Å². The minimum atomic E-state index is 0.363. The van der Waals surface area contributed by atoms with Gasteiger partial charge in [0.2, 0.25) is 0 Å². The van der Waals surface area contributed by atoms with E-state index in [1.807, 2.05) is 7.05 Å². The molecule has 2 N–H and O–H groups in total. The molecule has 3 rings (SSSR count). The lowest BCUT2D eigenvalue weighted by atomic mass is 9.95. The number of hydrogen-bond donors (Lipinski definition) is 2. The zero-order valence-corrected chi connectivity index (χ0v) is 11.9. The molecule has 5 nitrogen and oxygen atoms in total. The van der Waals surface area contributed by atoms with Crippen LogP contribution in [0, 0.1) is 6.92 Å². The number of ether oxygens (including phenoxy) is 1. The summed E-state index contributed by atoms with van der Waals surface area (Å²) in [5.74, 6) is 2.75. The number of nitrogens with zero attached hydrogens (tertiary/aromatic N) is 2. The SMILES string of the molecule is CCc1nc(NC)c(C)c(NC2CC3CCC2O3)n1. The summed E-state index contributed by atoms with van der Waals surface area (Å²) in [7, 11) is 1.90. The fourth-order valence-electron chi connectivity index (χ4n) is 3.07. The molecule has 2 saturated heterocycles. The summed E-state index contributed by atoms with van der Waals surface area (Å²) >= 11 is 0. The highest BCUT2D eigenvalue weighted by molar-refractivity contribution is 5.57. The first-order valence-corrected chi connectivity index (χ1v) is 7.18. The first-order chi connectivity index (χ1) is 9.21. The Labute approximate surface area is 114 Å². The predicted molar refractivity (Wildman–Crippen MR) is 75.6 cm³/mol. The van der Waals surface area contributed by atoms with Crippen LogP contribution in [0.2, 0.25) is 0 Å². The fraction of sp³-hybridized carbons (Fsp3) is 0.714. The molecule has 3 unspecified atom stereocenters. The molecule has 2 fully saturated rings. The van der Waals surface area contributed by atoms with Crippen LogP contribution in [0.25, 0.3) is 0 Å². The monoisotopic (exact) mass is 262 g/mol. The van der Waals surface area contributed by atoms with Gasteiger partial charge in [0, 0.05) is 19.0 Å². The lowest BCUT2D eigenvalue weighted by Crippen LogP contribution is -2.31. The van der Waals surface area contributed by atoms with Gasteiger partial charge in [-0.2, -0.15) is 0 Å². The number of hydrogen-bond acceptors (Lipinski definition) is 5. The maximum Gasteiger partial charge on any atom is 0.135 e. The Kier molecular flexibility index (Phi) is 3.31. The molecule has 0 saturated carbocycles. The Morgan fingerprint density at radius 3 is 2.63 bits per heavy atom. The predicted octanol–water partition coefficient (Wildman–Crippen LogP) is 2.12. The van der Waals surface area contributed by atoms with Crippen molar-refractivity contribution in [3.05, 3.63) is 11.4 Å². The zero-order valence-electron chi connectivity index (χ0n) is 11.9. The van der Waals surface area contributed by atoms with Crippen molar-refractivity contribution in [1.82, 2.24) is 9.97 Å². The molecular weight excluding hydrogens is 240 g/mol. The average molecular weight is 262 g/mol. The Balaban J connectivity index is 1.83. The third kappa shape index (κ3) is 2.27. The van der Waals surface area contributed by atoms with Gasteiger partial charge in [-0.05, 0) is 26.2 Å². The lowest BCUT2D eigenvalue weighted by Gasteiger charge is -2.22. The van der Waals surface area contributed by atoms with Crippen LogP contribution >= 0.6 is 0 Å². The van der Waals surface area contributed by atoms with Crippen LogP contribution in [-0.4, -0.2) is 35.3 Å². The summed E-state index contributed by atoms with van der Waals surface area (Å²) in [5, 5.41) is 6.72. The van der Waals surface area contributed by atoms with E-state index in [2.05, 4.69) is 34.4 Å². The first kappa shape index (κ1) is 12.7. The van der Waals surface area contributed by atoms with E-state index < -0.39 is 0 Å². The largest absolute Gasteiger partial charge is 0.373 e. The highest BCUT2D eigenvalue weighted by atomic mass is 16.5. The molecular formula is C14H22N4O. The van der Waals surface area contributed by atoms with E-state index in [4.69, 9.17) is 4.74 Å². The summed E-state index contributed by atoms with van der Waals surface area (Å²) in [6.45, 7) is 4.14. The molecule has 0 radical (unpaired) electrons. The molecule has 2 bridgehead atoms. The minimum absolute atomic E-state index is 0.363. The van der Waals surface area contributed by atoms with Gasteiger partial charge in [-0.3, -0.25) is 0 Å². The van der Waals surface area contributed by atoms with Crippen LogP contribution in [0.4, 0.5) is 11.6 Å². The molecule has 2 aliphatic heterocycles. The number of fused-ring (bicyclic) bond motifs is 2. The van der Waals surface area contributed by atoms with Crippen LogP contribution in [0.15, 0.2) is 0 Å². The summed E-state index contributed by atoms with van der Waals surface area (Å²) in [4.78, 5) is 9.13. The molecule has 5 heteroatoms. The fourth-order valence-corrected chi connectivity index (χ4v) is 3.07. The lowest BCUT2D eigenvalue weighted by molar-refractivity contribution is 0.102. The van der Waals surface area contributed by atoms with Gasteiger partial charge in [-0.25, -0.2) is 9.97 Å². The summed E-state index contributed by atoms with van der Waals surface area (Å²) in [5.41, 5.74) is 1.09. The number of aryl methyl sites for hydroxylation is 1. The topological polar surface area (TPSA) is 59.1 Å². The van der Waals surface area contributed by atoms with E-state index in [0.717, 1.165) is 35.9 Å². The summed E-state index contributed by atoms with van der Waals surface area (Å²) in [6.07, 6.45) is 5.16. The Morgan fingerprint density at radius 1 is 1.26 bits per heavy atom. The van der Waals surface area contributed by atoms with Crippen LogP contribution in [-0.2, 0) is 11.2 Å². The van der Waals surface area contributed by atoms with Crippen molar-refractivity contribution < 1.29 is 4.74 Å². The molecule has 1 aromatic rings. The van der Waals surface area contributed by atoms with Crippen molar-refractivity contribution in [2.75, 3.05) is 17.7 Å². The third-order valence-corrected chi connectivity index (χ3v) is 4.17. The molecule has 0 amide bonds. The summed E-state index contributed by atoms with van der Waals surface area (Å²) in [6, 6.07) is 0.404. The highest BCUT2D eigenvalue weighted by Crippen LogP contribution is 2.36. The van der Waals surface area contributed by atoms with Gasteiger partial charge in [-0.1, -0.05) is 6.92 Å². The molecule has 19 heavy (non-hydrogen) atoms. The number of aromatic nitrogens is 2. The molecule has 0 aliphatic carbocycles. The van der Waals surface area contributed by atoms with Crippen molar-refractivity contribution in [3.8, 4) is 0 Å². The average Bonchev–Trinajstić information content (AvgIpc) is 3.03. The Hall–Kier alpha value is -1.36. The molecule has 3 atom stereocenters.